The highest BCUT2D eigenvalue weighted by molar-refractivity contribution is 6.06. The minimum atomic E-state index is -1.02. The lowest BCUT2D eigenvalue weighted by Gasteiger charge is -2.03. The third-order valence-corrected chi connectivity index (χ3v) is 3.46. The monoisotopic (exact) mass is 310 g/mol. The van der Waals surface area contributed by atoms with Gasteiger partial charge in [0.1, 0.15) is 5.75 Å². The van der Waals surface area contributed by atoms with Crippen molar-refractivity contribution in [1.29, 1.82) is 0 Å². The van der Waals surface area contributed by atoms with E-state index in [0.717, 1.165) is 16.7 Å². The fourth-order valence-electron chi connectivity index (χ4n) is 1.98. The highest BCUT2D eigenvalue weighted by Gasteiger charge is 2.03. The lowest BCUT2D eigenvalue weighted by molar-refractivity contribution is -0.139. The van der Waals surface area contributed by atoms with E-state index in [2.05, 4.69) is 0 Å². The molecule has 23 heavy (non-hydrogen) atoms. The number of allylic oxidation sites excluding steroid dienone is 1. The maximum Gasteiger partial charge on any atom is 0.341 e. The summed E-state index contributed by atoms with van der Waals surface area (Å²) in [6, 6.07) is 12.5. The van der Waals surface area contributed by atoms with Crippen LogP contribution in [0.3, 0.4) is 0 Å². The summed E-state index contributed by atoms with van der Waals surface area (Å²) in [5.74, 6) is -0.600. The lowest BCUT2D eigenvalue weighted by atomic mass is 10.0. The van der Waals surface area contributed by atoms with Crippen molar-refractivity contribution in [3.8, 4) is 5.75 Å². The molecule has 0 aliphatic carbocycles. The summed E-state index contributed by atoms with van der Waals surface area (Å²) >= 11 is 0. The van der Waals surface area contributed by atoms with E-state index in [0.29, 0.717) is 11.3 Å². The van der Waals surface area contributed by atoms with E-state index >= 15 is 0 Å². The Kier molecular flexibility index (Phi) is 5.31. The van der Waals surface area contributed by atoms with Gasteiger partial charge in [0.15, 0.2) is 12.4 Å². The first-order chi connectivity index (χ1) is 11.0. The molecule has 2 aromatic rings. The van der Waals surface area contributed by atoms with E-state index < -0.39 is 5.97 Å². The highest BCUT2D eigenvalue weighted by atomic mass is 16.5. The summed E-state index contributed by atoms with van der Waals surface area (Å²) < 4.78 is 5.05. The topological polar surface area (TPSA) is 63.6 Å². The second kappa shape index (κ2) is 7.40. The fourth-order valence-corrected chi connectivity index (χ4v) is 1.98. The van der Waals surface area contributed by atoms with E-state index in [1.165, 1.54) is 6.08 Å². The maximum atomic E-state index is 12.1. The molecular formula is C19H18O4. The summed E-state index contributed by atoms with van der Waals surface area (Å²) in [6.45, 7) is 3.61. The van der Waals surface area contributed by atoms with Crippen molar-refractivity contribution >= 4 is 17.8 Å². The van der Waals surface area contributed by atoms with Gasteiger partial charge in [-0.15, -0.1) is 0 Å². The second-order valence-corrected chi connectivity index (χ2v) is 5.25. The molecule has 0 saturated heterocycles. The Morgan fingerprint density at radius 2 is 1.74 bits per heavy atom. The summed E-state index contributed by atoms with van der Waals surface area (Å²) in [6.07, 6.45) is 3.25. The number of carboxylic acid groups (broad SMARTS) is 1. The minimum absolute atomic E-state index is 0.0562. The fraction of sp³-hybridized carbons (Fsp3) is 0.158. The number of ether oxygens (including phenoxy) is 1. The van der Waals surface area contributed by atoms with E-state index in [-0.39, 0.29) is 12.4 Å². The smallest absolute Gasteiger partial charge is 0.341 e. The van der Waals surface area contributed by atoms with Gasteiger partial charge in [0, 0.05) is 5.56 Å². The zero-order valence-corrected chi connectivity index (χ0v) is 13.1. The van der Waals surface area contributed by atoms with Gasteiger partial charge >= 0.3 is 5.97 Å². The third kappa shape index (κ3) is 4.81. The summed E-state index contributed by atoms with van der Waals surface area (Å²) in [5.41, 5.74) is 3.74. The number of rotatable bonds is 6. The zero-order chi connectivity index (χ0) is 16.8. The number of benzene rings is 2. The minimum Gasteiger partial charge on any atom is -0.482 e. The van der Waals surface area contributed by atoms with Crippen LogP contribution < -0.4 is 4.74 Å². The van der Waals surface area contributed by atoms with E-state index in [9.17, 15) is 9.59 Å². The Morgan fingerprint density at radius 1 is 1.04 bits per heavy atom. The van der Waals surface area contributed by atoms with Gasteiger partial charge in [-0.2, -0.15) is 0 Å². The normalized spacial score (nSPS) is 10.7. The first-order valence-corrected chi connectivity index (χ1v) is 7.20. The molecule has 0 fully saturated rings. The summed E-state index contributed by atoms with van der Waals surface area (Å²) in [4.78, 5) is 22.6. The third-order valence-electron chi connectivity index (χ3n) is 3.46. The van der Waals surface area contributed by atoms with Crippen LogP contribution in [-0.2, 0) is 4.79 Å². The predicted molar refractivity (Wildman–Crippen MR) is 88.9 cm³/mol. The molecular weight excluding hydrogens is 292 g/mol. The molecule has 2 aromatic carbocycles. The van der Waals surface area contributed by atoms with Crippen LogP contribution >= 0.6 is 0 Å². The summed E-state index contributed by atoms with van der Waals surface area (Å²) in [7, 11) is 0. The number of hydrogen-bond acceptors (Lipinski definition) is 3. The molecule has 0 aliphatic heterocycles. The number of hydrogen-bond donors (Lipinski definition) is 1. The molecule has 0 bridgehead atoms. The number of aryl methyl sites for hydroxylation is 2. The van der Waals surface area contributed by atoms with Gasteiger partial charge in [-0.05, 0) is 54.8 Å². The van der Waals surface area contributed by atoms with E-state index in [1.807, 2.05) is 32.0 Å². The predicted octanol–water partition coefficient (Wildman–Crippen LogP) is 3.66. The molecule has 0 saturated carbocycles. The maximum absolute atomic E-state index is 12.1. The van der Waals surface area contributed by atoms with Gasteiger partial charge < -0.3 is 9.84 Å². The average molecular weight is 310 g/mol. The molecule has 0 spiro atoms. The molecule has 0 atom stereocenters. The number of carbonyl (C=O) groups is 2. The van der Waals surface area contributed by atoms with Crippen molar-refractivity contribution in [3.63, 3.8) is 0 Å². The van der Waals surface area contributed by atoms with Crippen LogP contribution in [0.15, 0.2) is 48.5 Å². The van der Waals surface area contributed by atoms with Crippen LogP contribution in [0, 0.1) is 13.8 Å². The van der Waals surface area contributed by atoms with Crippen molar-refractivity contribution in [2.75, 3.05) is 6.61 Å². The first-order valence-electron chi connectivity index (χ1n) is 7.20. The van der Waals surface area contributed by atoms with Crippen molar-refractivity contribution in [3.05, 3.63) is 70.8 Å². The standard InChI is InChI=1S/C19H18O4/c1-13-3-7-16(11-14(13)2)18(20)10-6-15-4-8-17(9-5-15)23-12-19(21)22/h3-11H,12H2,1-2H3,(H,21,22)/b10-6+. The molecule has 1 N–H and O–H groups in total. The average Bonchev–Trinajstić information content (AvgIpc) is 2.54. The molecule has 0 radical (unpaired) electrons. The number of aliphatic carboxylic acids is 1. The van der Waals surface area contributed by atoms with Gasteiger partial charge in [0.25, 0.3) is 0 Å². The van der Waals surface area contributed by atoms with Crippen LogP contribution in [0.4, 0.5) is 0 Å². The van der Waals surface area contributed by atoms with Crippen molar-refractivity contribution < 1.29 is 19.4 Å². The largest absolute Gasteiger partial charge is 0.482 e. The summed E-state index contributed by atoms with van der Waals surface area (Å²) in [5, 5.41) is 8.55. The van der Waals surface area contributed by atoms with Gasteiger partial charge in [-0.25, -0.2) is 4.79 Å². The Balaban J connectivity index is 2.03. The van der Waals surface area contributed by atoms with Crippen LogP contribution in [0.2, 0.25) is 0 Å². The van der Waals surface area contributed by atoms with Gasteiger partial charge in [-0.1, -0.05) is 30.3 Å². The molecule has 0 amide bonds. The van der Waals surface area contributed by atoms with Crippen molar-refractivity contribution in [1.82, 2.24) is 0 Å². The zero-order valence-electron chi connectivity index (χ0n) is 13.1. The number of ketones is 1. The van der Waals surface area contributed by atoms with E-state index in [4.69, 9.17) is 9.84 Å². The number of carboxylic acids is 1. The van der Waals surface area contributed by atoms with Gasteiger partial charge in [0.2, 0.25) is 0 Å². The Hall–Kier alpha value is -2.88. The molecule has 0 unspecified atom stereocenters. The van der Waals surface area contributed by atoms with Gasteiger partial charge in [-0.3, -0.25) is 4.79 Å². The highest BCUT2D eigenvalue weighted by Crippen LogP contribution is 2.15. The Labute approximate surface area is 135 Å². The Morgan fingerprint density at radius 3 is 2.35 bits per heavy atom. The second-order valence-electron chi connectivity index (χ2n) is 5.25. The van der Waals surface area contributed by atoms with Crippen LogP contribution in [0.25, 0.3) is 6.08 Å². The SMILES string of the molecule is Cc1ccc(C(=O)/C=C/c2ccc(OCC(=O)O)cc2)cc1C. The first kappa shape index (κ1) is 16.5. The lowest BCUT2D eigenvalue weighted by Crippen LogP contribution is -2.09. The number of carbonyl (C=O) groups excluding carboxylic acids is 1. The quantitative estimate of drug-likeness (QED) is 0.653. The molecule has 0 aliphatic rings. The Bertz CT molecular complexity index is 742. The van der Waals surface area contributed by atoms with Crippen LogP contribution in [0.5, 0.6) is 5.75 Å². The molecule has 4 nitrogen and oxygen atoms in total. The van der Waals surface area contributed by atoms with Crippen LogP contribution in [0.1, 0.15) is 27.0 Å². The molecule has 2 rings (SSSR count). The molecule has 0 aromatic heterocycles. The van der Waals surface area contributed by atoms with Crippen molar-refractivity contribution in [2.24, 2.45) is 0 Å². The van der Waals surface area contributed by atoms with Gasteiger partial charge in [0.05, 0.1) is 0 Å². The van der Waals surface area contributed by atoms with E-state index in [1.54, 1.807) is 30.3 Å². The van der Waals surface area contributed by atoms with Crippen molar-refractivity contribution in [2.45, 2.75) is 13.8 Å². The molecule has 0 heterocycles. The molecule has 4 heteroatoms. The molecule has 118 valence electrons. The van der Waals surface area contributed by atoms with Crippen LogP contribution in [-0.4, -0.2) is 23.5 Å².